The van der Waals surface area contributed by atoms with Crippen molar-refractivity contribution in [2.45, 2.75) is 32.2 Å². The zero-order valence-corrected chi connectivity index (χ0v) is 17.7. The van der Waals surface area contributed by atoms with Crippen LogP contribution in [0.1, 0.15) is 31.1 Å². The van der Waals surface area contributed by atoms with Gasteiger partial charge in [0.25, 0.3) is 0 Å². The van der Waals surface area contributed by atoms with Crippen LogP contribution in [-0.2, 0) is 19.6 Å². The molecule has 2 aliphatic rings. The van der Waals surface area contributed by atoms with Crippen LogP contribution in [0.2, 0.25) is 0 Å². The van der Waals surface area contributed by atoms with Gasteiger partial charge in [-0.1, -0.05) is 0 Å². The summed E-state index contributed by atoms with van der Waals surface area (Å²) in [7, 11) is -3.74. The largest absolute Gasteiger partial charge is 0.466 e. The third kappa shape index (κ3) is 4.45. The molecular formula is C19H28N4O5S. The first-order valence-electron chi connectivity index (χ1n) is 9.78. The predicted molar refractivity (Wildman–Crippen MR) is 109 cm³/mol. The maximum atomic E-state index is 13.2. The Morgan fingerprint density at radius 1 is 1.10 bits per heavy atom. The van der Waals surface area contributed by atoms with Gasteiger partial charge in [-0.2, -0.15) is 4.31 Å². The van der Waals surface area contributed by atoms with Gasteiger partial charge in [0.2, 0.25) is 10.0 Å². The summed E-state index contributed by atoms with van der Waals surface area (Å²) in [6, 6.07) is 6.96. The molecule has 2 saturated heterocycles. The molecule has 1 aromatic carbocycles. The van der Waals surface area contributed by atoms with Crippen molar-refractivity contribution in [2.24, 2.45) is 5.92 Å². The molecule has 2 aliphatic heterocycles. The molecule has 0 aliphatic carbocycles. The standard InChI is InChI=1S/C19H28N4O5S/c1-4-28-19(25)17-13(2)20-21-18(17)29(26,27)23-11-9-22(10-12-23)16-7-5-15(6-8-16)14(3)24/h5-8,13,17-18,20-21H,4,9-12H2,1-3H3. The maximum Gasteiger partial charge on any atom is 0.313 e. The number of nitrogens with one attached hydrogen (secondary N) is 2. The topological polar surface area (TPSA) is 108 Å². The van der Waals surface area contributed by atoms with E-state index < -0.39 is 27.3 Å². The quantitative estimate of drug-likeness (QED) is 0.497. The summed E-state index contributed by atoms with van der Waals surface area (Å²) in [6.07, 6.45) is 0. The highest BCUT2D eigenvalue weighted by molar-refractivity contribution is 7.89. The molecule has 0 saturated carbocycles. The number of Topliss-reactive ketones (excluding diaryl/α,β-unsaturated/α-hetero) is 1. The second-order valence-corrected chi connectivity index (χ2v) is 9.36. The number of anilines is 1. The molecule has 0 radical (unpaired) electrons. The van der Waals surface area contributed by atoms with E-state index in [9.17, 15) is 18.0 Å². The molecule has 2 N–H and O–H groups in total. The molecule has 29 heavy (non-hydrogen) atoms. The van der Waals surface area contributed by atoms with Crippen LogP contribution in [0.3, 0.4) is 0 Å². The van der Waals surface area contributed by atoms with E-state index in [1.165, 1.54) is 11.2 Å². The average Bonchev–Trinajstić information content (AvgIpc) is 3.11. The molecule has 3 rings (SSSR count). The van der Waals surface area contributed by atoms with Crippen molar-refractivity contribution in [3.05, 3.63) is 29.8 Å². The number of carbonyl (C=O) groups excluding carboxylic acids is 2. The lowest BCUT2D eigenvalue weighted by atomic mass is 10.0. The fraction of sp³-hybridized carbons (Fsp3) is 0.579. The van der Waals surface area contributed by atoms with Gasteiger partial charge in [0.15, 0.2) is 11.2 Å². The first kappa shape index (κ1) is 21.7. The van der Waals surface area contributed by atoms with Crippen LogP contribution in [0.25, 0.3) is 0 Å². The van der Waals surface area contributed by atoms with Crippen molar-refractivity contribution in [1.29, 1.82) is 0 Å². The van der Waals surface area contributed by atoms with Gasteiger partial charge in [0.1, 0.15) is 5.92 Å². The summed E-state index contributed by atoms with van der Waals surface area (Å²) in [4.78, 5) is 25.8. The zero-order chi connectivity index (χ0) is 21.2. The Bertz CT molecular complexity index is 850. The lowest BCUT2D eigenvalue weighted by Crippen LogP contribution is -2.55. The van der Waals surface area contributed by atoms with Crippen LogP contribution in [0, 0.1) is 5.92 Å². The van der Waals surface area contributed by atoms with E-state index in [1.807, 2.05) is 12.1 Å². The molecule has 0 spiro atoms. The Kier molecular flexibility index (Phi) is 6.57. The van der Waals surface area contributed by atoms with E-state index in [2.05, 4.69) is 15.8 Å². The molecule has 3 atom stereocenters. The average molecular weight is 425 g/mol. The normalized spacial score (nSPS) is 25.8. The molecule has 0 amide bonds. The predicted octanol–water partition coefficient (Wildman–Crippen LogP) is 0.343. The summed E-state index contributed by atoms with van der Waals surface area (Å²) < 4.78 is 32.9. The highest BCUT2D eigenvalue weighted by Gasteiger charge is 2.49. The van der Waals surface area contributed by atoms with Gasteiger partial charge in [0.05, 0.1) is 6.61 Å². The van der Waals surface area contributed by atoms with E-state index in [4.69, 9.17) is 4.74 Å². The molecule has 1 aromatic rings. The number of rotatable bonds is 6. The number of piperazine rings is 1. The SMILES string of the molecule is CCOC(=O)C1C(C)NNC1S(=O)(=O)N1CCN(c2ccc(C(C)=O)cc2)CC1. The van der Waals surface area contributed by atoms with Gasteiger partial charge >= 0.3 is 5.97 Å². The molecule has 2 fully saturated rings. The van der Waals surface area contributed by atoms with E-state index >= 15 is 0 Å². The lowest BCUT2D eigenvalue weighted by molar-refractivity contribution is -0.148. The van der Waals surface area contributed by atoms with Crippen molar-refractivity contribution in [3.8, 4) is 0 Å². The third-order valence-electron chi connectivity index (χ3n) is 5.44. The van der Waals surface area contributed by atoms with Gasteiger partial charge in [-0.15, -0.1) is 0 Å². The first-order chi connectivity index (χ1) is 13.8. The second-order valence-electron chi connectivity index (χ2n) is 7.31. The van der Waals surface area contributed by atoms with E-state index in [1.54, 1.807) is 26.0 Å². The number of hydrazine groups is 1. The van der Waals surface area contributed by atoms with Crippen molar-refractivity contribution >= 4 is 27.5 Å². The summed E-state index contributed by atoms with van der Waals surface area (Å²) in [5, 5.41) is -1.06. The number of nitrogens with zero attached hydrogens (tertiary/aromatic N) is 2. The number of hydrogen-bond acceptors (Lipinski definition) is 8. The molecule has 10 heteroatoms. The number of ketones is 1. The maximum absolute atomic E-state index is 13.2. The monoisotopic (exact) mass is 424 g/mol. The molecule has 3 unspecified atom stereocenters. The van der Waals surface area contributed by atoms with E-state index in [0.717, 1.165) is 5.69 Å². The van der Waals surface area contributed by atoms with Gasteiger partial charge in [-0.05, 0) is 45.0 Å². The van der Waals surface area contributed by atoms with Crippen LogP contribution in [0.4, 0.5) is 5.69 Å². The summed E-state index contributed by atoms with van der Waals surface area (Å²) in [5.74, 6) is -1.32. The lowest BCUT2D eigenvalue weighted by Gasteiger charge is -2.37. The minimum atomic E-state index is -3.74. The molecule has 0 bridgehead atoms. The third-order valence-corrected chi connectivity index (χ3v) is 7.57. The van der Waals surface area contributed by atoms with E-state index in [0.29, 0.717) is 31.7 Å². The van der Waals surface area contributed by atoms with Crippen LogP contribution in [-0.4, -0.2) is 68.7 Å². The number of hydrogen-bond donors (Lipinski definition) is 2. The Morgan fingerprint density at radius 2 is 1.72 bits per heavy atom. The molecule has 9 nitrogen and oxygen atoms in total. The Labute approximate surface area is 171 Å². The zero-order valence-electron chi connectivity index (χ0n) is 16.9. The number of esters is 1. The van der Waals surface area contributed by atoms with Crippen LogP contribution < -0.4 is 15.8 Å². The summed E-state index contributed by atoms with van der Waals surface area (Å²) >= 11 is 0. The van der Waals surface area contributed by atoms with Crippen molar-refractivity contribution < 1.29 is 22.7 Å². The Hall–Kier alpha value is -2.01. The molecule has 160 valence electrons. The second kappa shape index (κ2) is 8.78. The summed E-state index contributed by atoms with van der Waals surface area (Å²) in [5.41, 5.74) is 7.22. The van der Waals surface area contributed by atoms with Crippen molar-refractivity contribution in [2.75, 3.05) is 37.7 Å². The van der Waals surface area contributed by atoms with E-state index in [-0.39, 0.29) is 18.4 Å². The van der Waals surface area contributed by atoms with Gasteiger partial charge < -0.3 is 9.64 Å². The van der Waals surface area contributed by atoms with Crippen LogP contribution >= 0.6 is 0 Å². The Morgan fingerprint density at radius 3 is 2.28 bits per heavy atom. The highest BCUT2D eigenvalue weighted by Crippen LogP contribution is 2.26. The van der Waals surface area contributed by atoms with Crippen molar-refractivity contribution in [1.82, 2.24) is 15.2 Å². The molecular weight excluding hydrogens is 396 g/mol. The number of sulfonamides is 1. The smallest absolute Gasteiger partial charge is 0.313 e. The van der Waals surface area contributed by atoms with Gasteiger partial charge in [0, 0.05) is 43.5 Å². The minimum absolute atomic E-state index is 0.00974. The highest BCUT2D eigenvalue weighted by atomic mass is 32.2. The number of ether oxygens (including phenoxy) is 1. The minimum Gasteiger partial charge on any atom is -0.466 e. The first-order valence-corrected chi connectivity index (χ1v) is 11.3. The molecule has 0 aromatic heterocycles. The van der Waals surface area contributed by atoms with Gasteiger partial charge in [-0.3, -0.25) is 15.0 Å². The van der Waals surface area contributed by atoms with Gasteiger partial charge in [-0.25, -0.2) is 13.8 Å². The van der Waals surface area contributed by atoms with Crippen LogP contribution in [0.5, 0.6) is 0 Å². The van der Waals surface area contributed by atoms with Crippen molar-refractivity contribution in [3.63, 3.8) is 0 Å². The fourth-order valence-corrected chi connectivity index (χ4v) is 5.68. The number of carbonyl (C=O) groups is 2. The fourth-order valence-electron chi connectivity index (χ4n) is 3.75. The molecule has 2 heterocycles. The Balaban J connectivity index is 1.67. The van der Waals surface area contributed by atoms with Crippen LogP contribution in [0.15, 0.2) is 24.3 Å². The summed E-state index contributed by atoms with van der Waals surface area (Å²) in [6.45, 7) is 6.87. The number of benzene rings is 1.